The van der Waals surface area contributed by atoms with Crippen LogP contribution in [0.2, 0.25) is 0 Å². The fourth-order valence-corrected chi connectivity index (χ4v) is 4.91. The third-order valence-corrected chi connectivity index (χ3v) is 6.34. The second-order valence-corrected chi connectivity index (χ2v) is 7.76. The normalized spacial score (nSPS) is 24.0. The number of nitrogens with zero attached hydrogens (tertiary/aromatic N) is 1. The summed E-state index contributed by atoms with van der Waals surface area (Å²) in [6.45, 7) is 6.28. The summed E-state index contributed by atoms with van der Waals surface area (Å²) in [6, 6.07) is 3.70. The first-order valence-electron chi connectivity index (χ1n) is 7.24. The van der Waals surface area contributed by atoms with Crippen molar-refractivity contribution in [3.8, 4) is 0 Å². The number of benzene rings is 1. The monoisotopic (exact) mass is 312 g/mol. The molecule has 21 heavy (non-hydrogen) atoms. The number of aryl methyl sites for hydroxylation is 2. The fraction of sp³-hybridized carbons (Fsp3) is 0.600. The van der Waals surface area contributed by atoms with Gasteiger partial charge in [0.15, 0.2) is 0 Å². The maximum Gasteiger partial charge on any atom is 0.243 e. The van der Waals surface area contributed by atoms with E-state index >= 15 is 0 Å². The average Bonchev–Trinajstić information content (AvgIpc) is 2.40. The third-order valence-electron chi connectivity index (χ3n) is 4.17. The van der Waals surface area contributed by atoms with Gasteiger partial charge in [-0.15, -0.1) is 0 Å². The molecule has 2 rings (SSSR count). The van der Waals surface area contributed by atoms with E-state index in [1.807, 2.05) is 40.0 Å². The Kier molecular flexibility index (Phi) is 4.60. The summed E-state index contributed by atoms with van der Waals surface area (Å²) >= 11 is 0. The molecule has 1 aliphatic rings. The number of anilines is 1. The molecule has 1 fully saturated rings. The van der Waals surface area contributed by atoms with Crippen LogP contribution in [0.1, 0.15) is 24.5 Å². The first-order chi connectivity index (χ1) is 9.77. The molecule has 2 unspecified atom stereocenters. The quantitative estimate of drug-likeness (QED) is 0.892. The number of piperidine rings is 1. The Bertz CT molecular complexity index is 605. The molecule has 0 aliphatic carbocycles. The highest BCUT2D eigenvalue weighted by Gasteiger charge is 2.34. The van der Waals surface area contributed by atoms with Gasteiger partial charge in [0, 0.05) is 25.8 Å². The van der Waals surface area contributed by atoms with Gasteiger partial charge in [-0.3, -0.25) is 0 Å². The van der Waals surface area contributed by atoms with Gasteiger partial charge in [0.1, 0.15) is 0 Å². The van der Waals surface area contributed by atoms with Crippen molar-refractivity contribution in [2.45, 2.75) is 38.2 Å². The highest BCUT2D eigenvalue weighted by atomic mass is 32.2. The van der Waals surface area contributed by atoms with Crippen molar-refractivity contribution >= 4 is 15.7 Å². The van der Waals surface area contributed by atoms with Crippen LogP contribution >= 0.6 is 0 Å². The molecular weight excluding hydrogens is 288 g/mol. The van der Waals surface area contributed by atoms with Gasteiger partial charge in [-0.2, -0.15) is 4.31 Å². The van der Waals surface area contributed by atoms with Gasteiger partial charge >= 0.3 is 0 Å². The molecule has 1 aromatic rings. The maximum absolute atomic E-state index is 12.9. The third kappa shape index (κ3) is 3.07. The zero-order valence-corrected chi connectivity index (χ0v) is 13.9. The van der Waals surface area contributed by atoms with Gasteiger partial charge in [-0.1, -0.05) is 6.92 Å². The summed E-state index contributed by atoms with van der Waals surface area (Å²) in [5, 5.41) is 12.8. The van der Waals surface area contributed by atoms with Gasteiger partial charge in [0.2, 0.25) is 10.0 Å². The summed E-state index contributed by atoms with van der Waals surface area (Å²) in [6.07, 6.45) is 0.0814. The fourth-order valence-electron chi connectivity index (χ4n) is 2.94. The predicted octanol–water partition coefficient (Wildman–Crippen LogP) is 1.74. The Labute approximate surface area is 127 Å². The molecule has 5 nitrogen and oxygen atoms in total. The molecule has 0 spiro atoms. The number of aliphatic hydroxyl groups is 1. The molecular formula is C15H24N2O3S. The van der Waals surface area contributed by atoms with Crippen molar-refractivity contribution in [2.75, 3.05) is 25.5 Å². The number of aliphatic hydroxyl groups excluding tert-OH is 1. The first kappa shape index (κ1) is 16.3. The van der Waals surface area contributed by atoms with Crippen LogP contribution in [-0.2, 0) is 10.0 Å². The number of nitrogens with one attached hydrogen (secondary N) is 1. The van der Waals surface area contributed by atoms with Crippen molar-refractivity contribution in [1.29, 1.82) is 0 Å². The summed E-state index contributed by atoms with van der Waals surface area (Å²) in [5.74, 6) is -0.0364. The van der Waals surface area contributed by atoms with Crippen LogP contribution in [0, 0.1) is 19.8 Å². The summed E-state index contributed by atoms with van der Waals surface area (Å²) in [7, 11) is -1.69. The SMILES string of the molecule is CNc1cc(C)c(S(=O)(=O)N2CCC(O)C(C)C2)c(C)c1. The minimum absolute atomic E-state index is 0.0364. The van der Waals surface area contributed by atoms with Crippen LogP contribution in [0.3, 0.4) is 0 Å². The Morgan fingerprint density at radius 2 is 1.86 bits per heavy atom. The molecule has 118 valence electrons. The number of rotatable bonds is 3. The molecule has 0 amide bonds. The van der Waals surface area contributed by atoms with E-state index in [-0.39, 0.29) is 5.92 Å². The van der Waals surface area contributed by atoms with Gasteiger partial charge in [0.05, 0.1) is 11.0 Å². The van der Waals surface area contributed by atoms with Gasteiger partial charge in [-0.05, 0) is 49.4 Å². The molecule has 1 aliphatic heterocycles. The van der Waals surface area contributed by atoms with Crippen LogP contribution < -0.4 is 5.32 Å². The predicted molar refractivity (Wildman–Crippen MR) is 84.0 cm³/mol. The van der Waals surface area contributed by atoms with Crippen molar-refractivity contribution in [3.63, 3.8) is 0 Å². The van der Waals surface area contributed by atoms with Crippen LogP contribution in [0.5, 0.6) is 0 Å². The Morgan fingerprint density at radius 3 is 2.33 bits per heavy atom. The molecule has 2 N–H and O–H groups in total. The molecule has 0 aromatic heterocycles. The largest absolute Gasteiger partial charge is 0.393 e. The Balaban J connectivity index is 2.41. The van der Waals surface area contributed by atoms with Crippen LogP contribution in [0.15, 0.2) is 17.0 Å². The Morgan fingerprint density at radius 1 is 1.29 bits per heavy atom. The van der Waals surface area contributed by atoms with E-state index < -0.39 is 16.1 Å². The van der Waals surface area contributed by atoms with E-state index in [1.165, 1.54) is 4.31 Å². The number of hydrogen-bond donors (Lipinski definition) is 2. The number of sulfonamides is 1. The van der Waals surface area contributed by atoms with E-state index in [1.54, 1.807) is 0 Å². The van der Waals surface area contributed by atoms with E-state index in [4.69, 9.17) is 0 Å². The van der Waals surface area contributed by atoms with E-state index in [9.17, 15) is 13.5 Å². The molecule has 1 heterocycles. The smallest absolute Gasteiger partial charge is 0.243 e. The molecule has 0 radical (unpaired) electrons. The van der Waals surface area contributed by atoms with Crippen molar-refractivity contribution in [3.05, 3.63) is 23.3 Å². The minimum atomic E-state index is -3.51. The van der Waals surface area contributed by atoms with E-state index in [2.05, 4.69) is 5.32 Å². The van der Waals surface area contributed by atoms with Gasteiger partial charge < -0.3 is 10.4 Å². The van der Waals surface area contributed by atoms with Gasteiger partial charge in [0.25, 0.3) is 0 Å². The minimum Gasteiger partial charge on any atom is -0.393 e. The second-order valence-electron chi connectivity index (χ2n) is 5.89. The zero-order valence-electron chi connectivity index (χ0n) is 13.0. The van der Waals surface area contributed by atoms with E-state index in [0.717, 1.165) is 16.8 Å². The van der Waals surface area contributed by atoms with Crippen molar-refractivity contribution in [1.82, 2.24) is 4.31 Å². The highest BCUT2D eigenvalue weighted by molar-refractivity contribution is 7.89. The maximum atomic E-state index is 12.9. The lowest BCUT2D eigenvalue weighted by molar-refractivity contribution is 0.0628. The molecule has 1 aromatic carbocycles. The molecule has 2 atom stereocenters. The van der Waals surface area contributed by atoms with Crippen LogP contribution in [0.4, 0.5) is 5.69 Å². The second kappa shape index (κ2) is 5.94. The van der Waals surface area contributed by atoms with E-state index in [0.29, 0.717) is 24.4 Å². The summed E-state index contributed by atoms with van der Waals surface area (Å²) < 4.78 is 27.3. The lowest BCUT2D eigenvalue weighted by Crippen LogP contribution is -2.45. The molecule has 0 bridgehead atoms. The number of hydrogen-bond acceptors (Lipinski definition) is 4. The molecule has 0 saturated carbocycles. The average molecular weight is 312 g/mol. The summed E-state index contributed by atoms with van der Waals surface area (Å²) in [4.78, 5) is 0.394. The lowest BCUT2D eigenvalue weighted by Gasteiger charge is -2.34. The molecule has 6 heteroatoms. The van der Waals surface area contributed by atoms with Crippen LogP contribution in [0.25, 0.3) is 0 Å². The zero-order chi connectivity index (χ0) is 15.8. The van der Waals surface area contributed by atoms with Crippen molar-refractivity contribution < 1.29 is 13.5 Å². The first-order valence-corrected chi connectivity index (χ1v) is 8.68. The van der Waals surface area contributed by atoms with Gasteiger partial charge in [-0.25, -0.2) is 8.42 Å². The van der Waals surface area contributed by atoms with Crippen LogP contribution in [-0.4, -0.2) is 44.1 Å². The van der Waals surface area contributed by atoms with Crippen molar-refractivity contribution in [2.24, 2.45) is 5.92 Å². The highest BCUT2D eigenvalue weighted by Crippen LogP contribution is 2.29. The molecule has 1 saturated heterocycles. The standard InChI is InChI=1S/C15H24N2O3S/c1-10-7-13(16-4)8-11(2)15(10)21(19,20)17-6-5-14(18)12(3)9-17/h7-8,12,14,16,18H,5-6,9H2,1-4H3. The Hall–Kier alpha value is -1.11. The lowest BCUT2D eigenvalue weighted by atomic mass is 9.99. The topological polar surface area (TPSA) is 69.6 Å². The summed E-state index contributed by atoms with van der Waals surface area (Å²) in [5.41, 5.74) is 2.41.